The third-order valence-corrected chi connectivity index (χ3v) is 4.02. The second kappa shape index (κ2) is 4.96. The van der Waals surface area contributed by atoms with E-state index < -0.39 is 0 Å². The predicted molar refractivity (Wildman–Crippen MR) is 76.7 cm³/mol. The molecule has 98 valence electrons. The van der Waals surface area contributed by atoms with Crippen LogP contribution in [0.1, 0.15) is 30.7 Å². The van der Waals surface area contributed by atoms with Gasteiger partial charge in [0, 0.05) is 5.56 Å². The monoisotopic (exact) mass is 254 g/mol. The number of phenolic OH excluding ortho intramolecular Hbond substituents is 1. The molecule has 2 heteroatoms. The van der Waals surface area contributed by atoms with E-state index in [4.69, 9.17) is 4.74 Å². The van der Waals surface area contributed by atoms with Gasteiger partial charge < -0.3 is 9.84 Å². The van der Waals surface area contributed by atoms with E-state index in [9.17, 15) is 5.11 Å². The molecule has 0 saturated heterocycles. The van der Waals surface area contributed by atoms with Crippen molar-refractivity contribution in [2.24, 2.45) is 0 Å². The first kappa shape index (κ1) is 12.1. The molecule has 0 amide bonds. The van der Waals surface area contributed by atoms with Crippen molar-refractivity contribution in [3.8, 4) is 22.6 Å². The highest BCUT2D eigenvalue weighted by atomic mass is 16.5. The third kappa shape index (κ3) is 2.19. The molecule has 1 aliphatic carbocycles. The summed E-state index contributed by atoms with van der Waals surface area (Å²) in [4.78, 5) is 0. The lowest BCUT2D eigenvalue weighted by Crippen LogP contribution is -2.08. The second-order valence-corrected chi connectivity index (χ2v) is 5.11. The summed E-state index contributed by atoms with van der Waals surface area (Å²) < 4.78 is 5.15. The number of hydrogen-bond acceptors (Lipinski definition) is 2. The highest BCUT2D eigenvalue weighted by molar-refractivity contribution is 5.73. The van der Waals surface area contributed by atoms with E-state index in [0.717, 1.165) is 17.0 Å². The van der Waals surface area contributed by atoms with Crippen LogP contribution in [0.2, 0.25) is 0 Å². The Labute approximate surface area is 113 Å². The normalized spacial score (nSPS) is 15.0. The molecule has 1 N–H and O–H groups in total. The van der Waals surface area contributed by atoms with Gasteiger partial charge in [-0.1, -0.05) is 42.8 Å². The molecule has 0 aromatic heterocycles. The molecule has 0 aliphatic heterocycles. The van der Waals surface area contributed by atoms with Crippen molar-refractivity contribution in [1.82, 2.24) is 0 Å². The van der Waals surface area contributed by atoms with Crippen LogP contribution in [0.15, 0.2) is 42.5 Å². The molecule has 0 bridgehead atoms. The maximum atomic E-state index is 10.2. The van der Waals surface area contributed by atoms with Crippen molar-refractivity contribution in [1.29, 1.82) is 0 Å². The van der Waals surface area contributed by atoms with Gasteiger partial charge in [-0.2, -0.15) is 0 Å². The van der Waals surface area contributed by atoms with Crippen LogP contribution in [0.25, 0.3) is 11.1 Å². The molecular formula is C17H18O2. The average Bonchev–Trinajstić information content (AvgIpc) is 2.38. The molecule has 3 rings (SSSR count). The maximum Gasteiger partial charge on any atom is 0.165 e. The van der Waals surface area contributed by atoms with E-state index in [-0.39, 0.29) is 5.75 Å². The van der Waals surface area contributed by atoms with Crippen molar-refractivity contribution in [2.75, 3.05) is 7.11 Å². The molecule has 19 heavy (non-hydrogen) atoms. The van der Waals surface area contributed by atoms with Crippen molar-refractivity contribution < 1.29 is 9.84 Å². The van der Waals surface area contributed by atoms with Gasteiger partial charge in [-0.15, -0.1) is 0 Å². The van der Waals surface area contributed by atoms with Gasteiger partial charge in [-0.25, -0.2) is 0 Å². The lowest BCUT2D eigenvalue weighted by molar-refractivity contribution is 0.374. The summed E-state index contributed by atoms with van der Waals surface area (Å²) >= 11 is 0. The number of aromatic hydroxyl groups is 1. The van der Waals surface area contributed by atoms with Crippen molar-refractivity contribution in [2.45, 2.75) is 25.2 Å². The summed E-state index contributed by atoms with van der Waals surface area (Å²) in [6, 6.07) is 14.1. The number of para-hydroxylation sites is 1. The highest BCUT2D eigenvalue weighted by Gasteiger charge is 2.19. The van der Waals surface area contributed by atoms with Crippen LogP contribution >= 0.6 is 0 Å². The lowest BCUT2D eigenvalue weighted by Gasteiger charge is -2.25. The molecule has 1 saturated carbocycles. The molecule has 1 fully saturated rings. The molecular weight excluding hydrogens is 236 g/mol. The zero-order valence-corrected chi connectivity index (χ0v) is 11.1. The zero-order chi connectivity index (χ0) is 13.2. The molecule has 2 aromatic carbocycles. The minimum atomic E-state index is 0.210. The summed E-state index contributed by atoms with van der Waals surface area (Å²) in [5.74, 6) is 1.47. The first-order valence-corrected chi connectivity index (χ1v) is 6.76. The Hall–Kier alpha value is -1.96. The Balaban J connectivity index is 1.93. The van der Waals surface area contributed by atoms with Crippen LogP contribution < -0.4 is 4.74 Å². The third-order valence-electron chi connectivity index (χ3n) is 4.02. The van der Waals surface area contributed by atoms with Gasteiger partial charge in [0.1, 0.15) is 0 Å². The molecule has 2 aromatic rings. The average molecular weight is 254 g/mol. The fourth-order valence-electron chi connectivity index (χ4n) is 2.60. The molecule has 0 unspecified atom stereocenters. The van der Waals surface area contributed by atoms with Gasteiger partial charge in [0.05, 0.1) is 7.11 Å². The largest absolute Gasteiger partial charge is 0.504 e. The molecule has 0 heterocycles. The Morgan fingerprint density at radius 2 is 1.79 bits per heavy atom. The van der Waals surface area contributed by atoms with Crippen LogP contribution in [0.4, 0.5) is 0 Å². The Bertz CT molecular complexity index is 568. The summed E-state index contributed by atoms with van der Waals surface area (Å²) in [5, 5.41) is 10.2. The van der Waals surface area contributed by atoms with E-state index in [1.165, 1.54) is 24.8 Å². The number of phenols is 1. The van der Waals surface area contributed by atoms with E-state index in [2.05, 4.69) is 24.3 Å². The van der Waals surface area contributed by atoms with Crippen LogP contribution in [-0.4, -0.2) is 12.2 Å². The van der Waals surface area contributed by atoms with Gasteiger partial charge in [-0.05, 0) is 36.0 Å². The lowest BCUT2D eigenvalue weighted by atomic mass is 9.80. The summed E-state index contributed by atoms with van der Waals surface area (Å²) in [5.41, 5.74) is 3.26. The predicted octanol–water partition coefficient (Wildman–Crippen LogP) is 4.34. The first-order chi connectivity index (χ1) is 9.29. The summed E-state index contributed by atoms with van der Waals surface area (Å²) in [7, 11) is 1.57. The second-order valence-electron chi connectivity index (χ2n) is 5.11. The van der Waals surface area contributed by atoms with Crippen molar-refractivity contribution in [3.05, 3.63) is 48.0 Å². The zero-order valence-electron chi connectivity index (χ0n) is 11.1. The maximum absolute atomic E-state index is 10.2. The fourth-order valence-corrected chi connectivity index (χ4v) is 2.60. The number of rotatable bonds is 3. The van der Waals surface area contributed by atoms with Gasteiger partial charge in [0.15, 0.2) is 11.5 Å². The smallest absolute Gasteiger partial charge is 0.165 e. The van der Waals surface area contributed by atoms with Gasteiger partial charge in [0.2, 0.25) is 0 Å². The number of ether oxygens (including phenoxy) is 1. The first-order valence-electron chi connectivity index (χ1n) is 6.76. The van der Waals surface area contributed by atoms with Crippen LogP contribution in [0, 0.1) is 0 Å². The standard InChI is InChI=1S/C17H18O2/c1-19-16-7-3-6-15(17(16)18)14-10-8-13(9-11-14)12-4-2-5-12/h3,6-12,18H,2,4-5H2,1H3. The molecule has 0 atom stereocenters. The Morgan fingerprint density at radius 3 is 2.37 bits per heavy atom. The fraction of sp³-hybridized carbons (Fsp3) is 0.294. The van der Waals surface area contributed by atoms with E-state index in [1.54, 1.807) is 13.2 Å². The van der Waals surface area contributed by atoms with E-state index in [1.807, 2.05) is 12.1 Å². The van der Waals surface area contributed by atoms with Crippen LogP contribution in [-0.2, 0) is 0 Å². The number of hydrogen-bond donors (Lipinski definition) is 1. The highest BCUT2D eigenvalue weighted by Crippen LogP contribution is 2.39. The number of methoxy groups -OCH3 is 1. The summed E-state index contributed by atoms with van der Waals surface area (Å²) in [6.45, 7) is 0. The molecule has 0 spiro atoms. The Kier molecular flexibility index (Phi) is 3.16. The Morgan fingerprint density at radius 1 is 1.05 bits per heavy atom. The molecule has 2 nitrogen and oxygen atoms in total. The SMILES string of the molecule is COc1cccc(-c2ccc(C3CCC3)cc2)c1O. The van der Waals surface area contributed by atoms with Crippen molar-refractivity contribution >= 4 is 0 Å². The molecule has 1 aliphatic rings. The van der Waals surface area contributed by atoms with Crippen molar-refractivity contribution in [3.63, 3.8) is 0 Å². The number of benzene rings is 2. The topological polar surface area (TPSA) is 29.5 Å². The van der Waals surface area contributed by atoms with E-state index in [0.29, 0.717) is 5.75 Å². The summed E-state index contributed by atoms with van der Waals surface area (Å²) in [6.07, 6.45) is 3.97. The minimum absolute atomic E-state index is 0.210. The van der Waals surface area contributed by atoms with Gasteiger partial charge in [-0.3, -0.25) is 0 Å². The van der Waals surface area contributed by atoms with E-state index >= 15 is 0 Å². The van der Waals surface area contributed by atoms with Gasteiger partial charge >= 0.3 is 0 Å². The van der Waals surface area contributed by atoms with Crippen LogP contribution in [0.3, 0.4) is 0 Å². The molecule has 0 radical (unpaired) electrons. The van der Waals surface area contributed by atoms with Crippen LogP contribution in [0.5, 0.6) is 11.5 Å². The van der Waals surface area contributed by atoms with Gasteiger partial charge in [0.25, 0.3) is 0 Å². The quantitative estimate of drug-likeness (QED) is 0.883. The minimum Gasteiger partial charge on any atom is -0.504 e.